The summed E-state index contributed by atoms with van der Waals surface area (Å²) in [6, 6.07) is 14.1. The lowest BCUT2D eigenvalue weighted by molar-refractivity contribution is 0.0651. The number of hydrogen-bond donors (Lipinski definition) is 0. The van der Waals surface area contributed by atoms with Crippen molar-refractivity contribution in [3.63, 3.8) is 0 Å². The van der Waals surface area contributed by atoms with Crippen molar-refractivity contribution >= 4 is 23.4 Å². The Morgan fingerprint density at radius 1 is 0.885 bits per heavy atom. The Balaban J connectivity index is 1.40. The summed E-state index contributed by atoms with van der Waals surface area (Å²) >= 11 is 6.13. The summed E-state index contributed by atoms with van der Waals surface area (Å²) in [6.45, 7) is 0.302. The maximum Gasteiger partial charge on any atom is 0.261 e. The number of aromatic nitrogens is 2. The summed E-state index contributed by atoms with van der Waals surface area (Å²) < 4.78 is 5.64. The van der Waals surface area contributed by atoms with Crippen LogP contribution in [-0.4, -0.2) is 33.5 Å². The SMILES string of the molecule is O=C1c2ccccc2C(=O)N1CCCc1nnc(-c2ccccc2Cl)o1. The minimum Gasteiger partial charge on any atom is -0.421 e. The summed E-state index contributed by atoms with van der Waals surface area (Å²) in [5.41, 5.74) is 1.58. The maximum atomic E-state index is 12.3. The molecule has 1 aliphatic rings. The highest BCUT2D eigenvalue weighted by Gasteiger charge is 2.34. The first-order valence-electron chi connectivity index (χ1n) is 8.17. The summed E-state index contributed by atoms with van der Waals surface area (Å²) in [5.74, 6) is 0.281. The Kier molecular flexibility index (Phi) is 4.26. The van der Waals surface area contributed by atoms with Crippen LogP contribution in [-0.2, 0) is 6.42 Å². The fourth-order valence-electron chi connectivity index (χ4n) is 2.93. The molecule has 3 aromatic rings. The van der Waals surface area contributed by atoms with Crippen LogP contribution in [0.15, 0.2) is 52.9 Å². The van der Waals surface area contributed by atoms with E-state index in [4.69, 9.17) is 16.0 Å². The molecule has 2 aromatic carbocycles. The van der Waals surface area contributed by atoms with Gasteiger partial charge in [-0.05, 0) is 30.7 Å². The molecular weight excluding hydrogens is 354 g/mol. The normalized spacial score (nSPS) is 13.3. The molecule has 0 bridgehead atoms. The highest BCUT2D eigenvalue weighted by molar-refractivity contribution is 6.33. The predicted octanol–water partition coefficient (Wildman–Crippen LogP) is 3.62. The van der Waals surface area contributed by atoms with Crippen molar-refractivity contribution in [3.8, 4) is 11.5 Å². The van der Waals surface area contributed by atoms with Crippen molar-refractivity contribution in [2.45, 2.75) is 12.8 Å². The van der Waals surface area contributed by atoms with Gasteiger partial charge in [0.05, 0.1) is 21.7 Å². The van der Waals surface area contributed by atoms with Crippen LogP contribution in [0.2, 0.25) is 5.02 Å². The lowest BCUT2D eigenvalue weighted by Gasteiger charge is -2.12. The minimum atomic E-state index is -0.257. The van der Waals surface area contributed by atoms with Gasteiger partial charge in [-0.3, -0.25) is 14.5 Å². The largest absolute Gasteiger partial charge is 0.421 e. The van der Waals surface area contributed by atoms with Gasteiger partial charge in [0.2, 0.25) is 11.8 Å². The summed E-state index contributed by atoms with van der Waals surface area (Å²) in [5, 5.41) is 8.56. The molecule has 4 rings (SSSR count). The predicted molar refractivity (Wildman–Crippen MR) is 94.9 cm³/mol. The average molecular weight is 368 g/mol. The van der Waals surface area contributed by atoms with Gasteiger partial charge in [-0.1, -0.05) is 35.9 Å². The highest BCUT2D eigenvalue weighted by Crippen LogP contribution is 2.27. The van der Waals surface area contributed by atoms with Crippen LogP contribution in [0.1, 0.15) is 33.0 Å². The van der Waals surface area contributed by atoms with Crippen molar-refractivity contribution in [2.75, 3.05) is 6.54 Å². The maximum absolute atomic E-state index is 12.3. The molecule has 1 aromatic heterocycles. The molecule has 0 fully saturated rings. The monoisotopic (exact) mass is 367 g/mol. The zero-order chi connectivity index (χ0) is 18.1. The standard InChI is InChI=1S/C19H14ClN3O3/c20-15-9-4-3-8-14(15)17-22-21-16(26-17)10-5-11-23-18(24)12-6-1-2-7-13(12)19(23)25/h1-4,6-9H,5,10-11H2. The fraction of sp³-hybridized carbons (Fsp3) is 0.158. The Labute approximate surface area is 154 Å². The molecule has 7 heteroatoms. The van der Waals surface area contributed by atoms with Gasteiger partial charge in [0.25, 0.3) is 11.8 Å². The van der Waals surface area contributed by atoms with E-state index < -0.39 is 0 Å². The second-order valence-corrected chi connectivity index (χ2v) is 6.30. The molecule has 0 unspecified atom stereocenters. The number of nitrogens with zero attached hydrogens (tertiary/aromatic N) is 3. The quantitative estimate of drug-likeness (QED) is 0.644. The first-order chi connectivity index (χ1) is 12.6. The topological polar surface area (TPSA) is 76.3 Å². The van der Waals surface area contributed by atoms with Crippen molar-refractivity contribution in [1.29, 1.82) is 0 Å². The number of carbonyl (C=O) groups is 2. The van der Waals surface area contributed by atoms with Gasteiger partial charge in [-0.2, -0.15) is 0 Å². The van der Waals surface area contributed by atoms with E-state index in [9.17, 15) is 9.59 Å². The van der Waals surface area contributed by atoms with E-state index in [1.807, 2.05) is 12.1 Å². The molecular formula is C19H14ClN3O3. The molecule has 0 N–H and O–H groups in total. The van der Waals surface area contributed by atoms with Crippen LogP contribution in [0, 0.1) is 0 Å². The Bertz CT molecular complexity index is 964. The molecule has 0 atom stereocenters. The van der Waals surface area contributed by atoms with Gasteiger partial charge in [0.15, 0.2) is 0 Å². The molecule has 0 spiro atoms. The first kappa shape index (κ1) is 16.5. The van der Waals surface area contributed by atoms with Crippen LogP contribution in [0.25, 0.3) is 11.5 Å². The van der Waals surface area contributed by atoms with Gasteiger partial charge >= 0.3 is 0 Å². The number of amides is 2. The average Bonchev–Trinajstić information content (AvgIpc) is 3.21. The van der Waals surface area contributed by atoms with E-state index in [2.05, 4.69) is 10.2 Å². The van der Waals surface area contributed by atoms with E-state index in [0.717, 1.165) is 0 Å². The third kappa shape index (κ3) is 2.88. The molecule has 2 heterocycles. The summed E-state index contributed by atoms with van der Waals surface area (Å²) in [7, 11) is 0. The zero-order valence-corrected chi connectivity index (χ0v) is 14.4. The van der Waals surface area contributed by atoms with E-state index in [-0.39, 0.29) is 11.8 Å². The molecule has 26 heavy (non-hydrogen) atoms. The van der Waals surface area contributed by atoms with E-state index in [1.54, 1.807) is 36.4 Å². The first-order valence-corrected chi connectivity index (χ1v) is 8.55. The Hall–Kier alpha value is -2.99. The lowest BCUT2D eigenvalue weighted by Crippen LogP contribution is -2.30. The molecule has 0 aliphatic carbocycles. The Morgan fingerprint density at radius 3 is 2.15 bits per heavy atom. The van der Waals surface area contributed by atoms with Crippen LogP contribution in [0.3, 0.4) is 0 Å². The lowest BCUT2D eigenvalue weighted by atomic mass is 10.1. The molecule has 0 radical (unpaired) electrons. The molecule has 1 aliphatic heterocycles. The molecule has 2 amide bonds. The molecule has 6 nitrogen and oxygen atoms in total. The fourth-order valence-corrected chi connectivity index (χ4v) is 3.15. The number of hydrogen-bond acceptors (Lipinski definition) is 5. The third-order valence-corrected chi connectivity index (χ3v) is 4.55. The number of fused-ring (bicyclic) bond motifs is 1. The van der Waals surface area contributed by atoms with Crippen molar-refractivity contribution in [1.82, 2.24) is 15.1 Å². The van der Waals surface area contributed by atoms with Gasteiger partial charge in [-0.25, -0.2) is 0 Å². The van der Waals surface area contributed by atoms with Crippen molar-refractivity contribution in [2.24, 2.45) is 0 Å². The van der Waals surface area contributed by atoms with Crippen LogP contribution in [0.4, 0.5) is 0 Å². The Morgan fingerprint density at radius 2 is 1.50 bits per heavy atom. The highest BCUT2D eigenvalue weighted by atomic mass is 35.5. The van der Waals surface area contributed by atoms with E-state index >= 15 is 0 Å². The van der Waals surface area contributed by atoms with Gasteiger partial charge < -0.3 is 4.42 Å². The number of imide groups is 1. The van der Waals surface area contributed by atoms with Crippen molar-refractivity contribution in [3.05, 3.63) is 70.6 Å². The number of benzene rings is 2. The number of carbonyl (C=O) groups excluding carboxylic acids is 2. The number of halogens is 1. The molecule has 130 valence electrons. The van der Waals surface area contributed by atoms with Gasteiger partial charge in [0, 0.05) is 13.0 Å². The van der Waals surface area contributed by atoms with Crippen LogP contribution >= 0.6 is 11.6 Å². The zero-order valence-electron chi connectivity index (χ0n) is 13.7. The second-order valence-electron chi connectivity index (χ2n) is 5.89. The second kappa shape index (κ2) is 6.72. The van der Waals surface area contributed by atoms with Crippen molar-refractivity contribution < 1.29 is 14.0 Å². The van der Waals surface area contributed by atoms with E-state index in [1.165, 1.54) is 4.90 Å². The number of aryl methyl sites for hydroxylation is 1. The molecule has 0 saturated heterocycles. The van der Waals surface area contributed by atoms with E-state index in [0.29, 0.717) is 52.9 Å². The third-order valence-electron chi connectivity index (χ3n) is 4.22. The minimum absolute atomic E-state index is 0.257. The van der Waals surface area contributed by atoms with Crippen LogP contribution in [0.5, 0.6) is 0 Å². The van der Waals surface area contributed by atoms with Gasteiger partial charge in [0.1, 0.15) is 0 Å². The summed E-state index contributed by atoms with van der Waals surface area (Å²) in [6.07, 6.45) is 1.00. The van der Waals surface area contributed by atoms with Crippen LogP contribution < -0.4 is 0 Å². The molecule has 0 saturated carbocycles. The smallest absolute Gasteiger partial charge is 0.261 e. The summed E-state index contributed by atoms with van der Waals surface area (Å²) in [4.78, 5) is 25.9. The van der Waals surface area contributed by atoms with Gasteiger partial charge in [-0.15, -0.1) is 10.2 Å². The number of rotatable bonds is 5.